The second-order valence-electron chi connectivity index (χ2n) is 3.30. The Morgan fingerprint density at radius 1 is 1.19 bits per heavy atom. The molecule has 4 N–H and O–H groups in total. The Balaban J connectivity index is 2.85. The van der Waals surface area contributed by atoms with Crippen molar-refractivity contribution in [2.75, 3.05) is 19.0 Å². The summed E-state index contributed by atoms with van der Waals surface area (Å²) in [5.41, 5.74) is 6.11. The van der Waals surface area contributed by atoms with Crippen molar-refractivity contribution in [2.45, 2.75) is 0 Å². The van der Waals surface area contributed by atoms with Crippen LogP contribution in [0.15, 0.2) is 24.3 Å². The van der Waals surface area contributed by atoms with Crippen molar-refractivity contribution >= 4 is 29.2 Å². The minimum atomic E-state index is -0.175. The first-order chi connectivity index (χ1) is 7.43. The number of hydrogen-bond acceptors (Lipinski definition) is 2. The van der Waals surface area contributed by atoms with Crippen molar-refractivity contribution < 1.29 is 0 Å². The zero-order valence-corrected chi connectivity index (χ0v) is 9.92. The molecule has 86 valence electrons. The van der Waals surface area contributed by atoms with E-state index in [0.717, 1.165) is 5.69 Å². The molecule has 6 heteroatoms. The van der Waals surface area contributed by atoms with E-state index in [-0.39, 0.29) is 11.9 Å². The van der Waals surface area contributed by atoms with Gasteiger partial charge in [-0.05, 0) is 24.3 Å². The van der Waals surface area contributed by atoms with Crippen LogP contribution in [0.3, 0.4) is 0 Å². The quantitative estimate of drug-likeness (QED) is 0.514. The molecular weight excluding hydrogens is 226 g/mol. The minimum absolute atomic E-state index is 0.120. The molecule has 16 heavy (non-hydrogen) atoms. The van der Waals surface area contributed by atoms with Gasteiger partial charge in [0.2, 0.25) is 5.96 Å². The first kappa shape index (κ1) is 12.3. The Labute approximate surface area is 99.4 Å². The molecule has 0 amide bonds. The van der Waals surface area contributed by atoms with Crippen LogP contribution in [0.25, 0.3) is 0 Å². The molecule has 0 unspecified atom stereocenters. The van der Waals surface area contributed by atoms with Crippen LogP contribution in [0.5, 0.6) is 0 Å². The summed E-state index contributed by atoms with van der Waals surface area (Å²) in [6.07, 6.45) is 0. The molecule has 0 aromatic heterocycles. The van der Waals surface area contributed by atoms with Gasteiger partial charge in [-0.15, -0.1) is 0 Å². The third-order valence-corrected chi connectivity index (χ3v) is 2.46. The Bertz CT molecular complexity index is 400. The third-order valence-electron chi connectivity index (χ3n) is 2.21. The summed E-state index contributed by atoms with van der Waals surface area (Å²) in [5, 5.41) is 15.7. The lowest BCUT2D eigenvalue weighted by Gasteiger charge is -2.26. The number of anilines is 1. The number of nitrogens with two attached hydrogens (primary N) is 1. The van der Waals surface area contributed by atoms with Gasteiger partial charge in [0.25, 0.3) is 0 Å². The summed E-state index contributed by atoms with van der Waals surface area (Å²) in [6.45, 7) is 0. The standard InChI is InChI=1S/C10H14ClN5/c1-15(10(14)16(2)9(12)13)8-5-3-7(11)4-6-8/h3-6,14H,1-2H3,(H3,12,13). The van der Waals surface area contributed by atoms with Crippen LogP contribution in [-0.2, 0) is 0 Å². The van der Waals surface area contributed by atoms with Gasteiger partial charge in [0.1, 0.15) is 0 Å². The summed E-state index contributed by atoms with van der Waals surface area (Å²) in [7, 11) is 3.29. The predicted octanol–water partition coefficient (Wildman–Crippen LogP) is 1.54. The van der Waals surface area contributed by atoms with Crippen molar-refractivity contribution in [3.05, 3.63) is 29.3 Å². The molecule has 0 fully saturated rings. The van der Waals surface area contributed by atoms with E-state index >= 15 is 0 Å². The van der Waals surface area contributed by atoms with E-state index < -0.39 is 0 Å². The van der Waals surface area contributed by atoms with Gasteiger partial charge in [-0.3, -0.25) is 15.7 Å². The van der Waals surface area contributed by atoms with Crippen LogP contribution < -0.4 is 10.6 Å². The Hall–Kier alpha value is -1.75. The van der Waals surface area contributed by atoms with Gasteiger partial charge in [0.15, 0.2) is 5.96 Å². The molecule has 0 saturated carbocycles. The summed E-state index contributed by atoms with van der Waals surface area (Å²) < 4.78 is 0. The molecule has 1 rings (SSSR count). The van der Waals surface area contributed by atoms with Crippen LogP contribution in [0.4, 0.5) is 5.69 Å². The first-order valence-corrected chi connectivity index (χ1v) is 4.97. The summed E-state index contributed by atoms with van der Waals surface area (Å²) in [4.78, 5) is 2.88. The van der Waals surface area contributed by atoms with Gasteiger partial charge in [-0.1, -0.05) is 11.6 Å². The second kappa shape index (κ2) is 4.85. The van der Waals surface area contributed by atoms with Crippen LogP contribution >= 0.6 is 11.6 Å². The van der Waals surface area contributed by atoms with Crippen molar-refractivity contribution in [1.82, 2.24) is 4.90 Å². The lowest BCUT2D eigenvalue weighted by molar-refractivity contribution is 0.707. The van der Waals surface area contributed by atoms with Crippen LogP contribution in [0, 0.1) is 10.8 Å². The molecule has 0 aliphatic rings. The molecule has 0 aliphatic carbocycles. The highest BCUT2D eigenvalue weighted by molar-refractivity contribution is 6.30. The number of hydrogen-bond donors (Lipinski definition) is 3. The topological polar surface area (TPSA) is 80.2 Å². The molecular formula is C10H14ClN5. The Morgan fingerprint density at radius 2 is 1.69 bits per heavy atom. The highest BCUT2D eigenvalue weighted by Crippen LogP contribution is 2.17. The number of benzene rings is 1. The van der Waals surface area contributed by atoms with E-state index in [9.17, 15) is 0 Å². The maximum absolute atomic E-state index is 7.82. The number of rotatable bonds is 1. The fourth-order valence-electron chi connectivity index (χ4n) is 1.13. The number of halogens is 1. The molecule has 0 spiro atoms. The van der Waals surface area contributed by atoms with Gasteiger partial charge in [0, 0.05) is 24.8 Å². The highest BCUT2D eigenvalue weighted by Gasteiger charge is 2.13. The maximum Gasteiger partial charge on any atom is 0.204 e. The fraction of sp³-hybridized carbons (Fsp3) is 0.200. The van der Waals surface area contributed by atoms with Crippen LogP contribution in [0.1, 0.15) is 0 Å². The van der Waals surface area contributed by atoms with Crippen molar-refractivity contribution in [2.24, 2.45) is 5.73 Å². The largest absolute Gasteiger partial charge is 0.370 e. The zero-order chi connectivity index (χ0) is 12.3. The van der Waals surface area contributed by atoms with Gasteiger partial charge in [0.05, 0.1) is 0 Å². The molecule has 0 bridgehead atoms. The van der Waals surface area contributed by atoms with Gasteiger partial charge >= 0.3 is 0 Å². The number of nitrogens with zero attached hydrogens (tertiary/aromatic N) is 2. The van der Waals surface area contributed by atoms with Crippen LogP contribution in [0.2, 0.25) is 5.02 Å². The van der Waals surface area contributed by atoms with Crippen molar-refractivity contribution in [3.8, 4) is 0 Å². The maximum atomic E-state index is 7.82. The van der Waals surface area contributed by atoms with Crippen molar-refractivity contribution in [3.63, 3.8) is 0 Å². The molecule has 1 aromatic carbocycles. The van der Waals surface area contributed by atoms with Gasteiger partial charge < -0.3 is 10.6 Å². The summed E-state index contributed by atoms with van der Waals surface area (Å²) in [5.74, 6) is -0.0550. The molecule has 0 aliphatic heterocycles. The lowest BCUT2D eigenvalue weighted by atomic mass is 10.3. The lowest BCUT2D eigenvalue weighted by Crippen LogP contribution is -2.45. The molecule has 1 aromatic rings. The summed E-state index contributed by atoms with van der Waals surface area (Å²) in [6, 6.07) is 7.08. The van der Waals surface area contributed by atoms with E-state index in [1.165, 1.54) is 4.90 Å². The number of guanidine groups is 2. The average molecular weight is 240 g/mol. The van der Waals surface area contributed by atoms with Crippen LogP contribution in [-0.4, -0.2) is 30.9 Å². The Kier molecular flexibility index (Phi) is 3.73. The van der Waals surface area contributed by atoms with E-state index in [1.54, 1.807) is 43.3 Å². The molecule has 0 radical (unpaired) electrons. The zero-order valence-electron chi connectivity index (χ0n) is 9.16. The Morgan fingerprint density at radius 3 is 2.12 bits per heavy atom. The van der Waals surface area contributed by atoms with Gasteiger partial charge in [-0.25, -0.2) is 0 Å². The fourth-order valence-corrected chi connectivity index (χ4v) is 1.25. The van der Waals surface area contributed by atoms with E-state index in [4.69, 9.17) is 28.2 Å². The monoisotopic (exact) mass is 239 g/mol. The smallest absolute Gasteiger partial charge is 0.204 e. The van der Waals surface area contributed by atoms with Crippen molar-refractivity contribution in [1.29, 1.82) is 10.8 Å². The van der Waals surface area contributed by atoms with E-state index in [0.29, 0.717) is 5.02 Å². The first-order valence-electron chi connectivity index (χ1n) is 4.59. The van der Waals surface area contributed by atoms with Gasteiger partial charge in [-0.2, -0.15) is 0 Å². The highest BCUT2D eigenvalue weighted by atomic mass is 35.5. The minimum Gasteiger partial charge on any atom is -0.370 e. The predicted molar refractivity (Wildman–Crippen MR) is 67.3 cm³/mol. The van der Waals surface area contributed by atoms with E-state index in [1.807, 2.05) is 0 Å². The normalized spacial score (nSPS) is 9.69. The number of nitrogens with one attached hydrogen (secondary N) is 2. The summed E-state index contributed by atoms with van der Waals surface area (Å²) >= 11 is 5.77. The van der Waals surface area contributed by atoms with E-state index in [2.05, 4.69) is 0 Å². The average Bonchev–Trinajstić information content (AvgIpc) is 2.27. The molecule has 0 saturated heterocycles. The SMILES string of the molecule is CN(C(=N)N)C(=N)N(C)c1ccc(Cl)cc1. The molecule has 0 atom stereocenters. The third kappa shape index (κ3) is 2.64. The second-order valence-corrected chi connectivity index (χ2v) is 3.74. The molecule has 5 nitrogen and oxygen atoms in total. The molecule has 0 heterocycles.